The first-order valence-electron chi connectivity index (χ1n) is 4.35. The van der Waals surface area contributed by atoms with Crippen LogP contribution in [0.2, 0.25) is 5.02 Å². The lowest BCUT2D eigenvalue weighted by molar-refractivity contribution is 0.0697. The van der Waals surface area contributed by atoms with E-state index < -0.39 is 5.97 Å². The molecule has 0 saturated heterocycles. The van der Waals surface area contributed by atoms with Gasteiger partial charge in [-0.2, -0.15) is 0 Å². The van der Waals surface area contributed by atoms with E-state index >= 15 is 0 Å². The maximum Gasteiger partial charge on any atom is 0.337 e. The Kier molecular flexibility index (Phi) is 2.47. The van der Waals surface area contributed by atoms with E-state index in [0.717, 1.165) is 0 Å². The van der Waals surface area contributed by atoms with E-state index in [1.807, 2.05) is 24.5 Å². The van der Waals surface area contributed by atoms with Crippen LogP contribution in [0.1, 0.15) is 10.4 Å². The number of carbonyl (C=O) groups is 1. The topological polar surface area (TPSA) is 42.2 Å². The van der Waals surface area contributed by atoms with Gasteiger partial charge in [-0.3, -0.25) is 0 Å². The number of benzene rings is 1. The highest BCUT2D eigenvalue weighted by atomic mass is 35.5. The Hall–Kier alpha value is -1.74. The van der Waals surface area contributed by atoms with Crippen molar-refractivity contribution >= 4 is 17.6 Å². The zero-order valence-corrected chi connectivity index (χ0v) is 8.48. The molecule has 0 aliphatic heterocycles. The van der Waals surface area contributed by atoms with Crippen LogP contribution >= 0.6 is 11.6 Å². The second kappa shape index (κ2) is 3.79. The number of carboxylic acid groups (broad SMARTS) is 1. The highest BCUT2D eigenvalue weighted by molar-refractivity contribution is 6.35. The first kappa shape index (κ1) is 9.80. The minimum Gasteiger partial charge on any atom is -0.478 e. The summed E-state index contributed by atoms with van der Waals surface area (Å²) in [6.07, 6.45) is 3.62. The minimum absolute atomic E-state index is 0.114. The summed E-state index contributed by atoms with van der Waals surface area (Å²) in [5.41, 5.74) is 0.782. The molecular weight excluding hydrogens is 214 g/mol. The largest absolute Gasteiger partial charge is 0.478 e. The van der Waals surface area contributed by atoms with Gasteiger partial charge in [0.15, 0.2) is 0 Å². The van der Waals surface area contributed by atoms with Gasteiger partial charge in [-0.25, -0.2) is 4.79 Å². The van der Waals surface area contributed by atoms with Crippen molar-refractivity contribution in [2.24, 2.45) is 0 Å². The van der Waals surface area contributed by atoms with Gasteiger partial charge in [-0.15, -0.1) is 0 Å². The molecule has 76 valence electrons. The van der Waals surface area contributed by atoms with Crippen LogP contribution in [-0.4, -0.2) is 15.6 Å². The zero-order chi connectivity index (χ0) is 10.8. The van der Waals surface area contributed by atoms with Crippen molar-refractivity contribution in [3.8, 4) is 5.69 Å². The Morgan fingerprint density at radius 1 is 1.20 bits per heavy atom. The molecule has 0 spiro atoms. The Balaban J connectivity index is 2.59. The van der Waals surface area contributed by atoms with Gasteiger partial charge in [0.25, 0.3) is 0 Å². The predicted molar refractivity (Wildman–Crippen MR) is 57.7 cm³/mol. The Morgan fingerprint density at radius 3 is 2.47 bits per heavy atom. The number of hydrogen-bond donors (Lipinski definition) is 1. The summed E-state index contributed by atoms with van der Waals surface area (Å²) in [7, 11) is 0. The SMILES string of the molecule is O=C(O)c1cccc(-n2cccc2)c1Cl. The Morgan fingerprint density at radius 2 is 1.87 bits per heavy atom. The number of carboxylic acids is 1. The fraction of sp³-hybridized carbons (Fsp3) is 0. The van der Waals surface area contributed by atoms with Gasteiger partial charge in [0.1, 0.15) is 0 Å². The molecule has 0 aliphatic rings. The van der Waals surface area contributed by atoms with E-state index in [1.54, 1.807) is 16.7 Å². The lowest BCUT2D eigenvalue weighted by atomic mass is 10.2. The van der Waals surface area contributed by atoms with Gasteiger partial charge in [-0.05, 0) is 24.3 Å². The molecule has 0 radical (unpaired) electrons. The third-order valence-electron chi connectivity index (χ3n) is 2.09. The molecule has 2 aromatic rings. The molecule has 3 nitrogen and oxygen atoms in total. The summed E-state index contributed by atoms with van der Waals surface area (Å²) in [6, 6.07) is 8.63. The highest BCUT2D eigenvalue weighted by Gasteiger charge is 2.12. The zero-order valence-electron chi connectivity index (χ0n) is 7.72. The van der Waals surface area contributed by atoms with Crippen LogP contribution < -0.4 is 0 Å². The van der Waals surface area contributed by atoms with E-state index in [-0.39, 0.29) is 10.6 Å². The maximum absolute atomic E-state index is 10.8. The molecule has 0 amide bonds. The maximum atomic E-state index is 10.8. The molecule has 0 bridgehead atoms. The Labute approximate surface area is 91.5 Å². The van der Waals surface area contributed by atoms with Gasteiger partial charge >= 0.3 is 5.97 Å². The molecule has 0 aliphatic carbocycles. The average Bonchev–Trinajstić information content (AvgIpc) is 2.70. The summed E-state index contributed by atoms with van der Waals surface area (Å²) in [5.74, 6) is -1.02. The molecule has 1 aromatic heterocycles. The lowest BCUT2D eigenvalue weighted by Crippen LogP contribution is -2.00. The monoisotopic (exact) mass is 221 g/mol. The van der Waals surface area contributed by atoms with Gasteiger partial charge in [0, 0.05) is 12.4 Å². The molecule has 1 heterocycles. The first-order valence-corrected chi connectivity index (χ1v) is 4.73. The Bertz CT molecular complexity index is 491. The molecule has 0 unspecified atom stereocenters. The van der Waals surface area contributed by atoms with Gasteiger partial charge in [-0.1, -0.05) is 17.7 Å². The van der Waals surface area contributed by atoms with Crippen molar-refractivity contribution in [3.63, 3.8) is 0 Å². The third-order valence-corrected chi connectivity index (χ3v) is 2.49. The number of aromatic carboxylic acids is 1. The van der Waals surface area contributed by atoms with E-state index in [1.165, 1.54) is 6.07 Å². The number of aromatic nitrogens is 1. The summed E-state index contributed by atoms with van der Waals surface area (Å²) in [6.45, 7) is 0. The van der Waals surface area contributed by atoms with E-state index in [2.05, 4.69) is 0 Å². The standard InChI is InChI=1S/C11H8ClNO2/c12-10-8(11(14)15)4-3-5-9(10)13-6-1-2-7-13/h1-7H,(H,14,15). The highest BCUT2D eigenvalue weighted by Crippen LogP contribution is 2.24. The summed E-state index contributed by atoms with van der Waals surface area (Å²) in [4.78, 5) is 10.8. The summed E-state index contributed by atoms with van der Waals surface area (Å²) >= 11 is 5.99. The molecule has 0 fully saturated rings. The molecule has 1 N–H and O–H groups in total. The molecule has 2 rings (SSSR count). The van der Waals surface area contributed by atoms with Gasteiger partial charge in [0.05, 0.1) is 16.3 Å². The minimum atomic E-state index is -1.02. The van der Waals surface area contributed by atoms with Gasteiger partial charge in [0.2, 0.25) is 0 Å². The normalized spacial score (nSPS) is 10.2. The molecule has 1 aromatic carbocycles. The van der Waals surface area contributed by atoms with Crippen LogP contribution in [0.3, 0.4) is 0 Å². The van der Waals surface area contributed by atoms with Crippen molar-refractivity contribution in [1.29, 1.82) is 0 Å². The first-order chi connectivity index (χ1) is 7.20. The summed E-state index contributed by atoms with van der Waals surface area (Å²) in [5, 5.41) is 9.15. The molecule has 4 heteroatoms. The predicted octanol–water partition coefficient (Wildman–Crippen LogP) is 2.83. The van der Waals surface area contributed by atoms with Crippen molar-refractivity contribution in [2.75, 3.05) is 0 Å². The fourth-order valence-corrected chi connectivity index (χ4v) is 1.68. The third kappa shape index (κ3) is 1.74. The molecule has 0 saturated carbocycles. The smallest absolute Gasteiger partial charge is 0.337 e. The van der Waals surface area contributed by atoms with E-state index in [9.17, 15) is 4.79 Å². The number of hydrogen-bond acceptors (Lipinski definition) is 1. The van der Waals surface area contributed by atoms with Crippen molar-refractivity contribution in [1.82, 2.24) is 4.57 Å². The van der Waals surface area contributed by atoms with Crippen LogP contribution in [0.25, 0.3) is 5.69 Å². The van der Waals surface area contributed by atoms with Crippen molar-refractivity contribution in [3.05, 3.63) is 53.3 Å². The van der Waals surface area contributed by atoms with E-state index in [0.29, 0.717) is 5.69 Å². The lowest BCUT2D eigenvalue weighted by Gasteiger charge is -2.07. The fourth-order valence-electron chi connectivity index (χ4n) is 1.38. The van der Waals surface area contributed by atoms with Crippen LogP contribution in [0.4, 0.5) is 0 Å². The molecule has 0 atom stereocenters. The van der Waals surface area contributed by atoms with Crippen LogP contribution in [0, 0.1) is 0 Å². The quantitative estimate of drug-likeness (QED) is 0.847. The van der Waals surface area contributed by atoms with Crippen LogP contribution in [-0.2, 0) is 0 Å². The molecular formula is C11H8ClNO2. The van der Waals surface area contributed by atoms with Crippen LogP contribution in [0.5, 0.6) is 0 Å². The summed E-state index contributed by atoms with van der Waals surface area (Å²) < 4.78 is 1.77. The molecule has 15 heavy (non-hydrogen) atoms. The second-order valence-corrected chi connectivity index (χ2v) is 3.41. The number of rotatable bonds is 2. The van der Waals surface area contributed by atoms with Crippen molar-refractivity contribution in [2.45, 2.75) is 0 Å². The van der Waals surface area contributed by atoms with E-state index in [4.69, 9.17) is 16.7 Å². The average molecular weight is 222 g/mol. The van der Waals surface area contributed by atoms with Crippen LogP contribution in [0.15, 0.2) is 42.7 Å². The van der Waals surface area contributed by atoms with Crippen molar-refractivity contribution < 1.29 is 9.90 Å². The van der Waals surface area contributed by atoms with Gasteiger partial charge < -0.3 is 9.67 Å². The second-order valence-electron chi connectivity index (χ2n) is 3.03. The number of halogens is 1. The number of nitrogens with zero attached hydrogens (tertiary/aromatic N) is 1.